The minimum Gasteiger partial charge on any atom is -0.343 e. The average molecular weight is 345 g/mol. The van der Waals surface area contributed by atoms with E-state index in [-0.39, 0.29) is 24.4 Å². The summed E-state index contributed by atoms with van der Waals surface area (Å²) in [5, 5.41) is 3.93. The van der Waals surface area contributed by atoms with Crippen molar-refractivity contribution in [3.63, 3.8) is 0 Å². The van der Waals surface area contributed by atoms with Crippen molar-refractivity contribution in [3.05, 3.63) is 11.7 Å². The smallest absolute Gasteiger partial charge is 0.226 e. The van der Waals surface area contributed by atoms with Crippen molar-refractivity contribution in [1.29, 1.82) is 0 Å². The number of carbonyl (C=O) groups is 1. The van der Waals surface area contributed by atoms with E-state index < -0.39 is 0 Å². The summed E-state index contributed by atoms with van der Waals surface area (Å²) in [7, 11) is 0. The van der Waals surface area contributed by atoms with Crippen LogP contribution in [0.3, 0.4) is 0 Å². The van der Waals surface area contributed by atoms with Gasteiger partial charge in [0.1, 0.15) is 0 Å². The molecule has 132 valence electrons. The molecule has 1 aromatic rings. The van der Waals surface area contributed by atoms with Gasteiger partial charge in [-0.15, -0.1) is 12.4 Å². The first kappa shape index (κ1) is 19.9. The number of hydrogen-bond donors (Lipinski definition) is 1. The van der Waals surface area contributed by atoms with Crippen molar-refractivity contribution in [1.82, 2.24) is 15.0 Å². The molecule has 1 aromatic heterocycles. The van der Waals surface area contributed by atoms with Crippen LogP contribution < -0.4 is 5.73 Å². The average Bonchev–Trinajstić information content (AvgIpc) is 2.95. The van der Waals surface area contributed by atoms with Gasteiger partial charge in [0.05, 0.1) is 0 Å². The van der Waals surface area contributed by atoms with Crippen molar-refractivity contribution in [3.8, 4) is 0 Å². The lowest BCUT2D eigenvalue weighted by atomic mass is 9.91. The lowest BCUT2D eigenvalue weighted by molar-refractivity contribution is -0.132. The minimum atomic E-state index is 0. The highest BCUT2D eigenvalue weighted by atomic mass is 35.5. The molecule has 2 heterocycles. The van der Waals surface area contributed by atoms with Crippen LogP contribution in [0.4, 0.5) is 0 Å². The van der Waals surface area contributed by atoms with E-state index >= 15 is 0 Å². The van der Waals surface area contributed by atoms with Crippen LogP contribution >= 0.6 is 12.4 Å². The molecule has 0 saturated carbocycles. The summed E-state index contributed by atoms with van der Waals surface area (Å²) in [5.41, 5.74) is 5.93. The van der Waals surface area contributed by atoms with Gasteiger partial charge in [-0.05, 0) is 38.5 Å². The molecule has 0 radical (unpaired) electrons. The molecule has 6 nitrogen and oxygen atoms in total. The highest BCUT2D eigenvalue weighted by Gasteiger charge is 2.24. The van der Waals surface area contributed by atoms with Gasteiger partial charge in [-0.2, -0.15) is 4.98 Å². The van der Waals surface area contributed by atoms with Crippen molar-refractivity contribution in [2.45, 2.75) is 64.8 Å². The standard InChI is InChI=1S/C16H28N4O2.ClH/c1-3-5-14-18-15(22-19-14)6-4-7-16(21)20-10-8-13(9-11-20)12(2)17;/h12-13H,3-11,17H2,1-2H3;1H. The monoisotopic (exact) mass is 344 g/mol. The quantitative estimate of drug-likeness (QED) is 0.820. The van der Waals surface area contributed by atoms with Gasteiger partial charge >= 0.3 is 0 Å². The van der Waals surface area contributed by atoms with Gasteiger partial charge in [0.2, 0.25) is 11.8 Å². The molecule has 7 heteroatoms. The van der Waals surface area contributed by atoms with Crippen molar-refractivity contribution in [2.24, 2.45) is 11.7 Å². The summed E-state index contributed by atoms with van der Waals surface area (Å²) in [5.74, 6) is 2.20. The van der Waals surface area contributed by atoms with Gasteiger partial charge in [0.15, 0.2) is 5.82 Å². The number of aryl methyl sites for hydroxylation is 2. The van der Waals surface area contributed by atoms with Gasteiger partial charge in [-0.1, -0.05) is 12.1 Å². The number of carbonyl (C=O) groups excluding carboxylic acids is 1. The van der Waals surface area contributed by atoms with Gasteiger partial charge in [0.25, 0.3) is 0 Å². The SMILES string of the molecule is CCCc1noc(CCCC(=O)N2CCC(C(C)N)CC2)n1.Cl. The Bertz CT molecular complexity index is 470. The van der Waals surface area contributed by atoms with Crippen LogP contribution in [0.5, 0.6) is 0 Å². The van der Waals surface area contributed by atoms with Gasteiger partial charge in [-0.25, -0.2) is 0 Å². The van der Waals surface area contributed by atoms with Gasteiger partial charge in [-0.3, -0.25) is 4.79 Å². The molecule has 1 fully saturated rings. The number of likely N-dealkylation sites (tertiary alicyclic amines) is 1. The molecule has 1 atom stereocenters. The largest absolute Gasteiger partial charge is 0.343 e. The van der Waals surface area contributed by atoms with Crippen molar-refractivity contribution >= 4 is 18.3 Å². The Balaban J connectivity index is 0.00000264. The summed E-state index contributed by atoms with van der Waals surface area (Å²) in [6.07, 6.45) is 5.89. The van der Waals surface area contributed by atoms with Crippen LogP contribution in [-0.4, -0.2) is 40.1 Å². The van der Waals surface area contributed by atoms with Gasteiger partial charge < -0.3 is 15.2 Å². The van der Waals surface area contributed by atoms with Crippen LogP contribution in [-0.2, 0) is 17.6 Å². The molecule has 23 heavy (non-hydrogen) atoms. The number of halogens is 1. The fourth-order valence-electron chi connectivity index (χ4n) is 2.94. The summed E-state index contributed by atoms with van der Waals surface area (Å²) >= 11 is 0. The third kappa shape index (κ3) is 6.11. The van der Waals surface area contributed by atoms with E-state index in [1.54, 1.807) is 0 Å². The van der Waals surface area contributed by atoms with Crippen molar-refractivity contribution in [2.75, 3.05) is 13.1 Å². The Labute approximate surface area is 144 Å². The maximum Gasteiger partial charge on any atom is 0.226 e. The van der Waals surface area contributed by atoms with Crippen LogP contribution in [0.15, 0.2) is 4.52 Å². The Kier molecular flexibility index (Phi) is 8.55. The molecule has 2 N–H and O–H groups in total. The predicted molar refractivity (Wildman–Crippen MR) is 91.4 cm³/mol. The third-order valence-electron chi connectivity index (χ3n) is 4.40. The molecule has 0 aromatic carbocycles. The summed E-state index contributed by atoms with van der Waals surface area (Å²) in [4.78, 5) is 18.5. The van der Waals surface area contributed by atoms with Crippen LogP contribution in [0.1, 0.15) is 57.7 Å². The lowest BCUT2D eigenvalue weighted by Crippen LogP contribution is -2.42. The number of aromatic nitrogens is 2. The Morgan fingerprint density at radius 1 is 1.39 bits per heavy atom. The highest BCUT2D eigenvalue weighted by molar-refractivity contribution is 5.85. The zero-order valence-corrected chi connectivity index (χ0v) is 15.0. The molecule has 1 amide bonds. The first-order chi connectivity index (χ1) is 10.6. The number of nitrogens with zero attached hydrogens (tertiary/aromatic N) is 3. The van der Waals surface area contributed by atoms with Crippen LogP contribution in [0, 0.1) is 5.92 Å². The first-order valence-corrected chi connectivity index (χ1v) is 8.45. The Morgan fingerprint density at radius 3 is 2.70 bits per heavy atom. The molecule has 1 saturated heterocycles. The lowest BCUT2D eigenvalue weighted by Gasteiger charge is -2.33. The van der Waals surface area contributed by atoms with E-state index in [2.05, 4.69) is 24.0 Å². The highest BCUT2D eigenvalue weighted by Crippen LogP contribution is 2.20. The van der Waals surface area contributed by atoms with E-state index in [9.17, 15) is 4.79 Å². The summed E-state index contributed by atoms with van der Waals surface area (Å²) in [6, 6.07) is 0.229. The molecule has 2 rings (SSSR count). The molecular weight excluding hydrogens is 316 g/mol. The number of amides is 1. The van der Waals surface area contributed by atoms with E-state index in [1.807, 2.05) is 4.90 Å². The summed E-state index contributed by atoms with van der Waals surface area (Å²) in [6.45, 7) is 5.82. The molecule has 0 bridgehead atoms. The number of nitrogens with two attached hydrogens (primary N) is 1. The zero-order chi connectivity index (χ0) is 15.9. The molecule has 1 aliphatic rings. The number of piperidine rings is 1. The third-order valence-corrected chi connectivity index (χ3v) is 4.40. The second kappa shape index (κ2) is 9.88. The van der Waals surface area contributed by atoms with E-state index in [0.29, 0.717) is 24.7 Å². The maximum absolute atomic E-state index is 12.2. The normalized spacial score (nSPS) is 16.9. The molecule has 1 aliphatic heterocycles. The van der Waals surface area contributed by atoms with Crippen LogP contribution in [0.2, 0.25) is 0 Å². The summed E-state index contributed by atoms with van der Waals surface area (Å²) < 4.78 is 5.18. The predicted octanol–water partition coefficient (Wildman–Crippen LogP) is 2.35. The molecular formula is C16H29ClN4O2. The minimum absolute atomic E-state index is 0. The Morgan fingerprint density at radius 2 is 2.09 bits per heavy atom. The van der Waals surface area contributed by atoms with E-state index in [4.69, 9.17) is 10.3 Å². The fraction of sp³-hybridized carbons (Fsp3) is 0.812. The zero-order valence-electron chi connectivity index (χ0n) is 14.2. The fourth-order valence-corrected chi connectivity index (χ4v) is 2.94. The second-order valence-corrected chi connectivity index (χ2v) is 6.29. The van der Waals surface area contributed by atoms with Crippen LogP contribution in [0.25, 0.3) is 0 Å². The number of hydrogen-bond acceptors (Lipinski definition) is 5. The molecule has 0 spiro atoms. The number of rotatable bonds is 7. The Hall–Kier alpha value is -1.14. The van der Waals surface area contributed by atoms with E-state index in [0.717, 1.165) is 51.0 Å². The maximum atomic E-state index is 12.2. The first-order valence-electron chi connectivity index (χ1n) is 8.45. The van der Waals surface area contributed by atoms with E-state index in [1.165, 1.54) is 0 Å². The van der Waals surface area contributed by atoms with Gasteiger partial charge in [0, 0.05) is 38.4 Å². The molecule has 0 aliphatic carbocycles. The van der Waals surface area contributed by atoms with Crippen molar-refractivity contribution < 1.29 is 9.32 Å². The molecule has 1 unspecified atom stereocenters. The second-order valence-electron chi connectivity index (χ2n) is 6.29. The topological polar surface area (TPSA) is 85.2 Å².